The van der Waals surface area contributed by atoms with E-state index in [4.69, 9.17) is 4.74 Å². The van der Waals surface area contributed by atoms with Gasteiger partial charge in [-0.05, 0) is 6.92 Å². The van der Waals surface area contributed by atoms with E-state index in [-0.39, 0.29) is 17.2 Å². The zero-order valence-corrected chi connectivity index (χ0v) is 12.8. The molecule has 1 N–H and O–H groups in total. The first kappa shape index (κ1) is 15.6. The van der Waals surface area contributed by atoms with Crippen molar-refractivity contribution in [3.63, 3.8) is 0 Å². The predicted molar refractivity (Wildman–Crippen MR) is 78.9 cm³/mol. The lowest BCUT2D eigenvalue weighted by molar-refractivity contribution is -0.122. The summed E-state index contributed by atoms with van der Waals surface area (Å²) in [5, 5.41) is 3.10. The van der Waals surface area contributed by atoms with Crippen LogP contribution in [-0.4, -0.2) is 78.7 Å². The predicted octanol–water partition coefficient (Wildman–Crippen LogP) is 0.382. The summed E-state index contributed by atoms with van der Waals surface area (Å²) in [7, 11) is 0. The van der Waals surface area contributed by atoms with Gasteiger partial charge in [0.05, 0.1) is 13.2 Å². The van der Waals surface area contributed by atoms with Crippen LogP contribution < -0.4 is 5.32 Å². The summed E-state index contributed by atoms with van der Waals surface area (Å²) in [6.07, 6.45) is 0.389. The summed E-state index contributed by atoms with van der Waals surface area (Å²) < 4.78 is 5.30. The summed E-state index contributed by atoms with van der Waals surface area (Å²) >= 11 is 1.33. The number of hydrogen-bond acceptors (Lipinski definition) is 5. The van der Waals surface area contributed by atoms with Crippen molar-refractivity contribution in [3.8, 4) is 0 Å². The number of nitrogens with one attached hydrogen (secondary N) is 1. The lowest BCUT2D eigenvalue weighted by Gasteiger charge is -2.29. The molecule has 2 saturated heterocycles. The van der Waals surface area contributed by atoms with Crippen LogP contribution in [0.2, 0.25) is 0 Å². The first-order valence-corrected chi connectivity index (χ1v) is 8.15. The van der Waals surface area contributed by atoms with Gasteiger partial charge in [-0.25, -0.2) is 0 Å². The Morgan fingerprint density at radius 1 is 1.40 bits per heavy atom. The largest absolute Gasteiger partial charge is 0.379 e. The first-order valence-electron chi connectivity index (χ1n) is 7.16. The van der Waals surface area contributed by atoms with Crippen LogP contribution >= 0.6 is 11.8 Å². The second-order valence-electron chi connectivity index (χ2n) is 5.23. The molecule has 0 bridgehead atoms. The average molecular weight is 301 g/mol. The second kappa shape index (κ2) is 7.85. The van der Waals surface area contributed by atoms with Crippen LogP contribution in [0.3, 0.4) is 0 Å². The van der Waals surface area contributed by atoms with Crippen LogP contribution in [0.15, 0.2) is 0 Å². The van der Waals surface area contributed by atoms with E-state index < -0.39 is 0 Å². The van der Waals surface area contributed by atoms with Gasteiger partial charge in [0.25, 0.3) is 5.24 Å². The van der Waals surface area contributed by atoms with E-state index in [1.54, 1.807) is 4.90 Å². The molecule has 0 spiro atoms. The molecule has 0 aromatic carbocycles. The van der Waals surface area contributed by atoms with Gasteiger partial charge in [0.1, 0.15) is 0 Å². The quantitative estimate of drug-likeness (QED) is 0.768. The van der Waals surface area contributed by atoms with Crippen molar-refractivity contribution in [2.75, 3.05) is 51.7 Å². The van der Waals surface area contributed by atoms with E-state index in [0.717, 1.165) is 45.1 Å². The smallest absolute Gasteiger partial charge is 0.281 e. The number of hydrogen-bond donors (Lipinski definition) is 1. The van der Waals surface area contributed by atoms with E-state index in [0.29, 0.717) is 13.0 Å². The standard InChI is InChI=1S/C13H23N3O3S/c1-11(10-15-4-7-19-8-5-15)14-12(17)2-3-16-6-9-20-13(16)18/h11H,2-10H2,1H3,(H,14,17)/t11-/m1/s1. The fourth-order valence-electron chi connectivity index (χ4n) is 2.43. The maximum Gasteiger partial charge on any atom is 0.281 e. The summed E-state index contributed by atoms with van der Waals surface area (Å²) in [6.45, 7) is 7.57. The molecular formula is C13H23N3O3S. The van der Waals surface area contributed by atoms with Crippen molar-refractivity contribution in [2.45, 2.75) is 19.4 Å². The summed E-state index contributed by atoms with van der Waals surface area (Å²) in [5.41, 5.74) is 0. The van der Waals surface area contributed by atoms with Crippen molar-refractivity contribution >= 4 is 22.9 Å². The molecule has 20 heavy (non-hydrogen) atoms. The first-order chi connectivity index (χ1) is 9.65. The molecule has 0 unspecified atom stereocenters. The fraction of sp³-hybridized carbons (Fsp3) is 0.846. The number of ether oxygens (including phenoxy) is 1. The monoisotopic (exact) mass is 301 g/mol. The zero-order chi connectivity index (χ0) is 14.4. The molecule has 2 heterocycles. The minimum absolute atomic E-state index is 0.0236. The molecular weight excluding hydrogens is 278 g/mol. The Labute approximate surface area is 124 Å². The average Bonchev–Trinajstić information content (AvgIpc) is 2.83. The molecule has 6 nitrogen and oxygen atoms in total. The molecule has 2 amide bonds. The number of morpholine rings is 1. The number of nitrogens with zero attached hydrogens (tertiary/aromatic N) is 2. The number of carbonyl (C=O) groups is 2. The fourth-order valence-corrected chi connectivity index (χ4v) is 3.28. The van der Waals surface area contributed by atoms with Gasteiger partial charge in [-0.15, -0.1) is 0 Å². The van der Waals surface area contributed by atoms with Crippen LogP contribution in [0.5, 0.6) is 0 Å². The van der Waals surface area contributed by atoms with Crippen molar-refractivity contribution in [1.29, 1.82) is 0 Å². The van der Waals surface area contributed by atoms with Crippen molar-refractivity contribution in [3.05, 3.63) is 0 Å². The summed E-state index contributed by atoms with van der Waals surface area (Å²) in [4.78, 5) is 27.3. The molecule has 0 radical (unpaired) electrons. The topological polar surface area (TPSA) is 61.9 Å². The minimum atomic E-state index is 0.0236. The van der Waals surface area contributed by atoms with Crippen molar-refractivity contribution in [2.24, 2.45) is 0 Å². The van der Waals surface area contributed by atoms with E-state index in [2.05, 4.69) is 10.2 Å². The molecule has 0 aromatic heterocycles. The maximum atomic E-state index is 11.9. The normalized spacial score (nSPS) is 22.1. The van der Waals surface area contributed by atoms with Gasteiger partial charge < -0.3 is 15.0 Å². The summed E-state index contributed by atoms with van der Waals surface area (Å²) in [6, 6.07) is 0.129. The van der Waals surface area contributed by atoms with Gasteiger partial charge in [-0.3, -0.25) is 14.5 Å². The van der Waals surface area contributed by atoms with Gasteiger partial charge in [-0.2, -0.15) is 0 Å². The van der Waals surface area contributed by atoms with Crippen LogP contribution in [0, 0.1) is 0 Å². The Morgan fingerprint density at radius 3 is 2.80 bits per heavy atom. The van der Waals surface area contributed by atoms with Crippen LogP contribution in [0.4, 0.5) is 4.79 Å². The second-order valence-corrected chi connectivity index (χ2v) is 6.28. The third kappa shape index (κ3) is 4.96. The maximum absolute atomic E-state index is 11.9. The van der Waals surface area contributed by atoms with Gasteiger partial charge in [0.15, 0.2) is 0 Å². The zero-order valence-electron chi connectivity index (χ0n) is 12.0. The molecule has 2 rings (SSSR count). The lowest BCUT2D eigenvalue weighted by atomic mass is 10.2. The summed E-state index contributed by atoms with van der Waals surface area (Å²) in [5.74, 6) is 0.865. The number of carbonyl (C=O) groups excluding carboxylic acids is 2. The van der Waals surface area contributed by atoms with Crippen LogP contribution in [0.25, 0.3) is 0 Å². The molecule has 2 fully saturated rings. The Hall–Kier alpha value is -0.790. The van der Waals surface area contributed by atoms with Crippen LogP contribution in [-0.2, 0) is 9.53 Å². The van der Waals surface area contributed by atoms with Gasteiger partial charge in [0.2, 0.25) is 5.91 Å². The van der Waals surface area contributed by atoms with Gasteiger partial charge >= 0.3 is 0 Å². The number of rotatable bonds is 6. The molecule has 2 aliphatic rings. The van der Waals surface area contributed by atoms with Crippen molar-refractivity contribution < 1.29 is 14.3 Å². The lowest BCUT2D eigenvalue weighted by Crippen LogP contribution is -2.46. The highest BCUT2D eigenvalue weighted by atomic mass is 32.2. The third-order valence-corrected chi connectivity index (χ3v) is 4.39. The molecule has 7 heteroatoms. The van der Waals surface area contributed by atoms with Gasteiger partial charge in [-0.1, -0.05) is 11.8 Å². The van der Waals surface area contributed by atoms with E-state index in [1.807, 2.05) is 6.92 Å². The van der Waals surface area contributed by atoms with E-state index in [9.17, 15) is 9.59 Å². The highest BCUT2D eigenvalue weighted by molar-refractivity contribution is 8.13. The van der Waals surface area contributed by atoms with Gasteiger partial charge in [0, 0.05) is 50.9 Å². The van der Waals surface area contributed by atoms with E-state index >= 15 is 0 Å². The molecule has 0 saturated carbocycles. The number of thioether (sulfide) groups is 1. The molecule has 1 atom stereocenters. The third-order valence-electron chi connectivity index (χ3n) is 3.50. The molecule has 0 aromatic rings. The number of amides is 2. The Balaban J connectivity index is 1.61. The molecule has 114 valence electrons. The minimum Gasteiger partial charge on any atom is -0.379 e. The highest BCUT2D eigenvalue weighted by Crippen LogP contribution is 2.16. The molecule has 2 aliphatic heterocycles. The highest BCUT2D eigenvalue weighted by Gasteiger charge is 2.22. The van der Waals surface area contributed by atoms with Crippen molar-refractivity contribution in [1.82, 2.24) is 15.1 Å². The molecule has 0 aliphatic carbocycles. The van der Waals surface area contributed by atoms with E-state index in [1.165, 1.54) is 11.8 Å². The Kier molecular flexibility index (Phi) is 6.12. The Bertz CT molecular complexity index is 348. The van der Waals surface area contributed by atoms with Crippen LogP contribution in [0.1, 0.15) is 13.3 Å². The Morgan fingerprint density at radius 2 is 2.15 bits per heavy atom. The SMILES string of the molecule is C[C@H](CN1CCOCC1)NC(=O)CCN1CCSC1=O.